The van der Waals surface area contributed by atoms with Crippen LogP contribution in [0.5, 0.6) is 5.75 Å². The molecule has 3 fully saturated rings. The number of hydrogen-bond donors (Lipinski definition) is 3. The highest BCUT2D eigenvalue weighted by molar-refractivity contribution is 5.97. The lowest BCUT2D eigenvalue weighted by Gasteiger charge is -2.42. The maximum absolute atomic E-state index is 14.3. The number of amides is 2. The molecule has 3 aliphatic heterocycles. The predicted molar refractivity (Wildman–Crippen MR) is 175 cm³/mol. The maximum atomic E-state index is 14.3. The van der Waals surface area contributed by atoms with Gasteiger partial charge in [0.25, 0.3) is 0 Å². The molecule has 0 aromatic heterocycles. The third-order valence-electron chi connectivity index (χ3n) is 9.72. The van der Waals surface area contributed by atoms with Crippen molar-refractivity contribution in [2.24, 2.45) is 11.8 Å². The van der Waals surface area contributed by atoms with Gasteiger partial charge in [-0.15, -0.1) is 0 Å². The average Bonchev–Trinajstić information content (AvgIpc) is 3.06. The van der Waals surface area contributed by atoms with Gasteiger partial charge < -0.3 is 30.5 Å². The Morgan fingerprint density at radius 1 is 0.773 bits per heavy atom. The summed E-state index contributed by atoms with van der Waals surface area (Å²) >= 11 is 0. The van der Waals surface area contributed by atoms with Gasteiger partial charge in [-0.05, 0) is 97.7 Å². The van der Waals surface area contributed by atoms with E-state index in [4.69, 9.17) is 4.74 Å². The van der Waals surface area contributed by atoms with Gasteiger partial charge in [0.05, 0.1) is 7.11 Å². The van der Waals surface area contributed by atoms with E-state index in [1.54, 1.807) is 7.11 Å². The Bertz CT molecular complexity index is 1380. The number of fused-ring (bicyclic) bond motifs is 1. The van der Waals surface area contributed by atoms with Crippen molar-refractivity contribution in [3.8, 4) is 5.75 Å². The van der Waals surface area contributed by atoms with Crippen LogP contribution in [-0.2, 0) is 22.6 Å². The minimum atomic E-state index is -0.597. The van der Waals surface area contributed by atoms with E-state index in [1.165, 1.54) is 5.39 Å². The van der Waals surface area contributed by atoms with Crippen LogP contribution in [0.1, 0.15) is 36.8 Å². The van der Waals surface area contributed by atoms with Gasteiger partial charge in [-0.2, -0.15) is 0 Å². The number of rotatable bonds is 11. The lowest BCUT2D eigenvalue weighted by molar-refractivity contribution is -0.151. The number of hydrogen-bond acceptors (Lipinski definition) is 6. The topological polar surface area (TPSA) is 85.9 Å². The number of piperidine rings is 2. The molecule has 3 aromatic carbocycles. The first-order chi connectivity index (χ1) is 21.6. The molecule has 8 heteroatoms. The Balaban J connectivity index is 1.24. The fourth-order valence-electron chi connectivity index (χ4n) is 7.19. The maximum Gasteiger partial charge on any atom is 0.246 e. The third kappa shape index (κ3) is 7.60. The highest BCUT2D eigenvalue weighted by Gasteiger charge is 2.41. The molecule has 3 heterocycles. The molecule has 0 bridgehead atoms. The molecule has 6 rings (SSSR count). The minimum absolute atomic E-state index is 0.0118. The normalized spacial score (nSPS) is 22.0. The van der Waals surface area contributed by atoms with Crippen molar-refractivity contribution in [3.63, 3.8) is 0 Å². The number of benzene rings is 3. The predicted octanol–water partition coefficient (Wildman–Crippen LogP) is 3.59. The van der Waals surface area contributed by atoms with Gasteiger partial charge in [-0.25, -0.2) is 0 Å². The monoisotopic (exact) mass is 597 g/mol. The van der Waals surface area contributed by atoms with E-state index >= 15 is 0 Å². The van der Waals surface area contributed by atoms with Crippen molar-refractivity contribution >= 4 is 22.6 Å². The summed E-state index contributed by atoms with van der Waals surface area (Å²) in [6.07, 6.45) is 5.09. The summed E-state index contributed by atoms with van der Waals surface area (Å²) in [6, 6.07) is 21.2. The van der Waals surface area contributed by atoms with Crippen LogP contribution in [0.15, 0.2) is 66.7 Å². The molecule has 234 valence electrons. The molecule has 3 saturated heterocycles. The number of carbonyl (C=O) groups excluding carboxylic acids is 2. The zero-order valence-electron chi connectivity index (χ0n) is 26.0. The first kappa shape index (κ1) is 30.6. The van der Waals surface area contributed by atoms with E-state index in [1.807, 2.05) is 41.3 Å². The Hall–Kier alpha value is -3.46. The number of piperazine rings is 1. The van der Waals surface area contributed by atoms with Crippen LogP contribution in [0, 0.1) is 11.8 Å². The second-order valence-corrected chi connectivity index (χ2v) is 12.9. The summed E-state index contributed by atoms with van der Waals surface area (Å²) < 4.78 is 5.37. The molecule has 3 aromatic rings. The highest BCUT2D eigenvalue weighted by Crippen LogP contribution is 2.24. The molecule has 2 amide bonds. The van der Waals surface area contributed by atoms with E-state index in [0.717, 1.165) is 87.2 Å². The van der Waals surface area contributed by atoms with Crippen molar-refractivity contribution in [1.82, 2.24) is 25.8 Å². The third-order valence-corrected chi connectivity index (χ3v) is 9.72. The van der Waals surface area contributed by atoms with E-state index < -0.39 is 12.1 Å². The Labute approximate surface area is 261 Å². The minimum Gasteiger partial charge on any atom is -0.497 e. The molecular formula is C36H47N5O3. The van der Waals surface area contributed by atoms with Crippen molar-refractivity contribution < 1.29 is 14.3 Å². The van der Waals surface area contributed by atoms with Gasteiger partial charge in [0.15, 0.2) is 0 Å². The van der Waals surface area contributed by atoms with Crippen LogP contribution < -0.4 is 20.7 Å². The molecule has 0 spiro atoms. The quantitative estimate of drug-likeness (QED) is 0.313. The first-order valence-corrected chi connectivity index (χ1v) is 16.4. The largest absolute Gasteiger partial charge is 0.497 e. The summed E-state index contributed by atoms with van der Waals surface area (Å²) in [5.74, 6) is 1.93. The van der Waals surface area contributed by atoms with Crippen LogP contribution in [0.2, 0.25) is 0 Å². The average molecular weight is 598 g/mol. The number of carbonyl (C=O) groups is 2. The molecule has 0 unspecified atom stereocenters. The van der Waals surface area contributed by atoms with Gasteiger partial charge in [0.2, 0.25) is 11.8 Å². The van der Waals surface area contributed by atoms with Gasteiger partial charge in [-0.1, -0.05) is 54.6 Å². The molecule has 3 aliphatic rings. The standard InChI is InChI=1S/C36H47N5O3/c1-44-32-10-7-26(8-11-32)24-41-34(25-40(22-27-12-16-37-17-13-27)23-28-14-18-38-19-15-28)35(42)39-33(36(41)43)21-29-6-9-30-4-2-3-5-31(30)20-29/h2-11,20,27-28,33-34,37-38H,12-19,21-25H2,1H3,(H,39,42)/t33-,34-/m0/s1. The van der Waals surface area contributed by atoms with E-state index in [-0.39, 0.29) is 11.8 Å². The number of nitrogens with one attached hydrogen (secondary N) is 3. The molecular weight excluding hydrogens is 550 g/mol. The molecule has 8 nitrogen and oxygen atoms in total. The molecule has 0 aliphatic carbocycles. The Kier molecular flexibility index (Phi) is 10.1. The second kappa shape index (κ2) is 14.5. The lowest BCUT2D eigenvalue weighted by atomic mass is 9.93. The van der Waals surface area contributed by atoms with E-state index in [0.29, 0.717) is 31.3 Å². The van der Waals surface area contributed by atoms with Gasteiger partial charge in [0.1, 0.15) is 17.8 Å². The SMILES string of the molecule is COc1ccc(CN2C(=O)[C@H](Cc3ccc4ccccc4c3)NC(=O)[C@@H]2CN(CC2CCNCC2)CC2CCNCC2)cc1. The van der Waals surface area contributed by atoms with Crippen LogP contribution in [0.3, 0.4) is 0 Å². The van der Waals surface area contributed by atoms with E-state index in [9.17, 15) is 9.59 Å². The molecule has 44 heavy (non-hydrogen) atoms. The number of methoxy groups -OCH3 is 1. The number of ether oxygens (including phenoxy) is 1. The number of nitrogens with zero attached hydrogens (tertiary/aromatic N) is 2. The molecule has 3 N–H and O–H groups in total. The Morgan fingerprint density at radius 2 is 1.39 bits per heavy atom. The smallest absolute Gasteiger partial charge is 0.246 e. The van der Waals surface area contributed by atoms with Crippen LogP contribution in [-0.4, -0.2) is 86.6 Å². The van der Waals surface area contributed by atoms with Crippen LogP contribution in [0.25, 0.3) is 10.8 Å². The zero-order chi connectivity index (χ0) is 30.3. The molecule has 2 atom stereocenters. The summed E-state index contributed by atoms with van der Waals surface area (Å²) in [6.45, 7) is 7.10. The van der Waals surface area contributed by atoms with Crippen molar-refractivity contribution in [2.75, 3.05) is 52.9 Å². The highest BCUT2D eigenvalue weighted by atomic mass is 16.5. The Morgan fingerprint density at radius 3 is 2.02 bits per heavy atom. The first-order valence-electron chi connectivity index (χ1n) is 16.4. The summed E-state index contributed by atoms with van der Waals surface area (Å²) in [5, 5.41) is 12.4. The van der Waals surface area contributed by atoms with E-state index in [2.05, 4.69) is 51.2 Å². The van der Waals surface area contributed by atoms with Crippen LogP contribution in [0.4, 0.5) is 0 Å². The van der Waals surface area contributed by atoms with Gasteiger partial charge in [0, 0.05) is 32.6 Å². The fraction of sp³-hybridized carbons (Fsp3) is 0.500. The van der Waals surface area contributed by atoms with Crippen molar-refractivity contribution in [2.45, 2.75) is 50.7 Å². The van der Waals surface area contributed by atoms with Crippen LogP contribution >= 0.6 is 0 Å². The molecule has 0 saturated carbocycles. The lowest BCUT2D eigenvalue weighted by Crippen LogP contribution is -2.66. The van der Waals surface area contributed by atoms with Crippen molar-refractivity contribution in [3.05, 3.63) is 77.9 Å². The van der Waals surface area contributed by atoms with Crippen molar-refractivity contribution in [1.29, 1.82) is 0 Å². The second-order valence-electron chi connectivity index (χ2n) is 12.9. The fourth-order valence-corrected chi connectivity index (χ4v) is 7.19. The zero-order valence-corrected chi connectivity index (χ0v) is 26.0. The summed E-state index contributed by atoms with van der Waals surface area (Å²) in [4.78, 5) is 32.7. The molecule has 0 radical (unpaired) electrons. The summed E-state index contributed by atoms with van der Waals surface area (Å²) in [5.41, 5.74) is 2.04. The van der Waals surface area contributed by atoms with Gasteiger partial charge in [-0.3, -0.25) is 9.59 Å². The van der Waals surface area contributed by atoms with Gasteiger partial charge >= 0.3 is 0 Å². The summed E-state index contributed by atoms with van der Waals surface area (Å²) in [7, 11) is 1.65.